The molecule has 2 aliphatic rings. The number of halogens is 2. The zero-order valence-electron chi connectivity index (χ0n) is 18.7. The molecule has 0 fully saturated rings. The highest BCUT2D eigenvalue weighted by Gasteiger charge is 2.36. The fourth-order valence-corrected chi connectivity index (χ4v) is 5.25. The fraction of sp³-hybridized carbons (Fsp3) is 0.320. The number of hydrogen-bond acceptors (Lipinski definition) is 6. The molecule has 0 amide bonds. The third kappa shape index (κ3) is 4.69. The molecule has 0 saturated heterocycles. The van der Waals surface area contributed by atoms with E-state index in [2.05, 4.69) is 17.2 Å². The lowest BCUT2D eigenvalue weighted by atomic mass is 9.85. The van der Waals surface area contributed by atoms with Gasteiger partial charge in [-0.2, -0.15) is 4.98 Å². The van der Waals surface area contributed by atoms with Crippen LogP contribution >= 0.6 is 35.0 Å². The molecule has 1 aliphatic carbocycles. The van der Waals surface area contributed by atoms with E-state index in [0.29, 0.717) is 29.0 Å². The molecule has 2 heterocycles. The quantitative estimate of drug-likeness (QED) is 0.354. The van der Waals surface area contributed by atoms with E-state index in [4.69, 9.17) is 33.0 Å². The zero-order chi connectivity index (χ0) is 23.7. The van der Waals surface area contributed by atoms with Crippen LogP contribution < -0.4 is 10.1 Å². The number of aromatic nitrogens is 3. The number of rotatable bonds is 7. The molecule has 3 aromatic rings. The number of carbonyl (C=O) groups excluding carboxylic acids is 1. The molecule has 1 N–H and O–H groups in total. The van der Waals surface area contributed by atoms with Crippen molar-refractivity contribution < 1.29 is 9.53 Å². The molecule has 0 bridgehead atoms. The third-order valence-electron chi connectivity index (χ3n) is 5.87. The molecule has 2 aromatic carbocycles. The maximum Gasteiger partial charge on any atom is 0.227 e. The Bertz CT molecular complexity index is 1260. The van der Waals surface area contributed by atoms with Gasteiger partial charge in [-0.25, -0.2) is 4.68 Å². The predicted molar refractivity (Wildman–Crippen MR) is 136 cm³/mol. The molecule has 0 saturated carbocycles. The van der Waals surface area contributed by atoms with Crippen LogP contribution in [-0.4, -0.2) is 26.3 Å². The van der Waals surface area contributed by atoms with Crippen LogP contribution in [-0.2, 0) is 11.4 Å². The van der Waals surface area contributed by atoms with E-state index in [-0.39, 0.29) is 11.8 Å². The Morgan fingerprint density at radius 1 is 1.15 bits per heavy atom. The summed E-state index contributed by atoms with van der Waals surface area (Å²) >= 11 is 13.7. The van der Waals surface area contributed by atoms with Crippen LogP contribution in [0.1, 0.15) is 49.8 Å². The van der Waals surface area contributed by atoms with Crippen LogP contribution in [0.3, 0.4) is 0 Å². The highest BCUT2D eigenvalue weighted by molar-refractivity contribution is 7.99. The summed E-state index contributed by atoms with van der Waals surface area (Å²) in [6, 6.07) is 13.0. The van der Waals surface area contributed by atoms with Crippen molar-refractivity contribution >= 4 is 46.7 Å². The van der Waals surface area contributed by atoms with Crippen molar-refractivity contribution in [3.05, 3.63) is 74.9 Å². The number of ether oxygens (including phenoxy) is 1. The fourth-order valence-electron chi connectivity index (χ4n) is 4.24. The SMILES string of the molecule is CCCSc1nc2n(n1)C(c1ccc(OCc3ccc(Cl)c(Cl)c3)cc1)C1=C(CCCC1=O)N2. The lowest BCUT2D eigenvalue weighted by Gasteiger charge is -2.32. The second kappa shape index (κ2) is 10.0. The normalized spacial score (nSPS) is 17.3. The topological polar surface area (TPSA) is 69.0 Å². The molecule has 6 nitrogen and oxygen atoms in total. The van der Waals surface area contributed by atoms with Crippen LogP contribution in [0.25, 0.3) is 0 Å². The summed E-state index contributed by atoms with van der Waals surface area (Å²) in [5.41, 5.74) is 3.67. The summed E-state index contributed by atoms with van der Waals surface area (Å²) in [5.74, 6) is 2.54. The van der Waals surface area contributed by atoms with Crippen LogP contribution in [0.2, 0.25) is 10.0 Å². The van der Waals surface area contributed by atoms with Gasteiger partial charge in [0.05, 0.1) is 10.0 Å². The molecule has 1 atom stereocenters. The van der Waals surface area contributed by atoms with Crippen molar-refractivity contribution in [3.63, 3.8) is 0 Å². The van der Waals surface area contributed by atoms with Gasteiger partial charge < -0.3 is 10.1 Å². The van der Waals surface area contributed by atoms with E-state index >= 15 is 0 Å². The minimum atomic E-state index is -0.299. The van der Waals surface area contributed by atoms with E-state index in [1.807, 2.05) is 35.0 Å². The summed E-state index contributed by atoms with van der Waals surface area (Å²) in [7, 11) is 0. The molecular weight excluding hydrogens is 491 g/mol. The summed E-state index contributed by atoms with van der Waals surface area (Å²) in [4.78, 5) is 17.7. The molecule has 34 heavy (non-hydrogen) atoms. The number of nitrogens with zero attached hydrogens (tertiary/aromatic N) is 3. The largest absolute Gasteiger partial charge is 0.489 e. The summed E-state index contributed by atoms with van der Waals surface area (Å²) in [5, 5.41) is 9.87. The molecule has 0 radical (unpaired) electrons. The Kier molecular flexibility index (Phi) is 6.86. The number of thioether (sulfide) groups is 1. The Balaban J connectivity index is 1.41. The maximum atomic E-state index is 13.0. The minimum absolute atomic E-state index is 0.169. The molecule has 9 heteroatoms. The van der Waals surface area contributed by atoms with Crippen molar-refractivity contribution in [1.82, 2.24) is 14.8 Å². The molecule has 176 valence electrons. The third-order valence-corrected chi connectivity index (χ3v) is 7.65. The van der Waals surface area contributed by atoms with Gasteiger partial charge in [0.2, 0.25) is 11.1 Å². The van der Waals surface area contributed by atoms with Gasteiger partial charge in [0.25, 0.3) is 0 Å². The first-order valence-corrected chi connectivity index (χ1v) is 13.1. The monoisotopic (exact) mass is 514 g/mol. The van der Waals surface area contributed by atoms with Gasteiger partial charge in [-0.1, -0.05) is 60.1 Å². The van der Waals surface area contributed by atoms with Gasteiger partial charge in [-0.3, -0.25) is 4.79 Å². The second-order valence-electron chi connectivity index (χ2n) is 8.31. The Hall–Kier alpha value is -2.48. The van der Waals surface area contributed by atoms with Crippen LogP contribution in [0.4, 0.5) is 5.95 Å². The zero-order valence-corrected chi connectivity index (χ0v) is 21.0. The van der Waals surface area contributed by atoms with Crippen molar-refractivity contribution in [2.24, 2.45) is 0 Å². The number of hydrogen-bond donors (Lipinski definition) is 1. The summed E-state index contributed by atoms with van der Waals surface area (Å²) in [6.07, 6.45) is 3.29. The van der Waals surface area contributed by atoms with Gasteiger partial charge in [0, 0.05) is 23.4 Å². The molecule has 5 rings (SSSR count). The molecule has 1 aliphatic heterocycles. The first kappa shape index (κ1) is 23.3. The van der Waals surface area contributed by atoms with E-state index < -0.39 is 0 Å². The maximum absolute atomic E-state index is 13.0. The lowest BCUT2D eigenvalue weighted by molar-refractivity contribution is -0.116. The van der Waals surface area contributed by atoms with E-state index in [9.17, 15) is 4.79 Å². The number of benzene rings is 2. The smallest absolute Gasteiger partial charge is 0.227 e. The average molecular weight is 515 g/mol. The number of carbonyl (C=O) groups is 1. The van der Waals surface area contributed by atoms with Gasteiger partial charge in [-0.15, -0.1) is 5.10 Å². The van der Waals surface area contributed by atoms with Gasteiger partial charge in [0.15, 0.2) is 5.78 Å². The average Bonchev–Trinajstić information content (AvgIpc) is 3.25. The molecule has 0 spiro atoms. The number of ketones is 1. The number of anilines is 1. The van der Waals surface area contributed by atoms with Crippen molar-refractivity contribution in [2.75, 3.05) is 11.1 Å². The molecular formula is C25H24Cl2N4O2S. The minimum Gasteiger partial charge on any atom is -0.489 e. The van der Waals surface area contributed by atoms with Gasteiger partial charge in [0.1, 0.15) is 18.4 Å². The van der Waals surface area contributed by atoms with E-state index in [0.717, 1.165) is 58.3 Å². The van der Waals surface area contributed by atoms with Crippen LogP contribution in [0.5, 0.6) is 5.75 Å². The first-order valence-electron chi connectivity index (χ1n) is 11.3. The van der Waals surface area contributed by atoms with Crippen molar-refractivity contribution in [3.8, 4) is 5.75 Å². The highest BCUT2D eigenvalue weighted by Crippen LogP contribution is 2.41. The Labute approximate surface area is 212 Å². The Morgan fingerprint density at radius 2 is 1.97 bits per heavy atom. The van der Waals surface area contributed by atoms with Gasteiger partial charge in [-0.05, 0) is 54.7 Å². The summed E-state index contributed by atoms with van der Waals surface area (Å²) in [6.45, 7) is 2.51. The standard InChI is InChI=1S/C25H24Cl2N4O2S/c1-2-12-34-25-29-24-28-20-4-3-5-21(32)22(20)23(31(24)30-25)16-7-9-17(10-8-16)33-14-15-6-11-18(26)19(27)13-15/h6-11,13,23H,2-5,12,14H2,1H3,(H,28,29,30). The van der Waals surface area contributed by atoms with Crippen LogP contribution in [0, 0.1) is 0 Å². The Morgan fingerprint density at radius 3 is 2.74 bits per heavy atom. The van der Waals surface area contributed by atoms with E-state index in [1.54, 1.807) is 23.9 Å². The number of fused-ring (bicyclic) bond motifs is 1. The number of allylic oxidation sites excluding steroid dienone is 2. The van der Waals surface area contributed by atoms with Crippen LogP contribution in [0.15, 0.2) is 58.9 Å². The van der Waals surface area contributed by atoms with Crippen molar-refractivity contribution in [2.45, 2.75) is 50.4 Å². The lowest BCUT2D eigenvalue weighted by Crippen LogP contribution is -2.31. The van der Waals surface area contributed by atoms with Crippen molar-refractivity contribution in [1.29, 1.82) is 0 Å². The second-order valence-corrected chi connectivity index (χ2v) is 10.2. The molecule has 1 aromatic heterocycles. The van der Waals surface area contributed by atoms with Gasteiger partial charge >= 0.3 is 0 Å². The number of Topliss-reactive ketones (excluding diaryl/α,β-unsaturated/α-hetero) is 1. The summed E-state index contributed by atoms with van der Waals surface area (Å²) < 4.78 is 7.80. The first-order chi connectivity index (χ1) is 16.5. The number of nitrogens with one attached hydrogen (secondary N) is 1. The predicted octanol–water partition coefficient (Wildman–Crippen LogP) is 6.69. The molecule has 1 unspecified atom stereocenters. The highest BCUT2D eigenvalue weighted by atomic mass is 35.5. The van der Waals surface area contributed by atoms with E-state index in [1.165, 1.54) is 0 Å².